The van der Waals surface area contributed by atoms with Gasteiger partial charge < -0.3 is 15.2 Å². The first-order valence-corrected chi connectivity index (χ1v) is 4.87. The number of ether oxygens (including phenoxy) is 2. The molecule has 0 heterocycles. The third-order valence-electron chi connectivity index (χ3n) is 2.29. The van der Waals surface area contributed by atoms with Gasteiger partial charge in [-0.3, -0.25) is 0 Å². The lowest BCUT2D eigenvalue weighted by atomic mass is 10.1. The molecule has 0 amide bonds. The Labute approximate surface area is 93.9 Å². The quantitative estimate of drug-likeness (QED) is 0.423. The molecule has 0 radical (unpaired) electrons. The molecule has 0 bridgehead atoms. The van der Waals surface area contributed by atoms with E-state index in [2.05, 4.69) is 9.47 Å². The van der Waals surface area contributed by atoms with Gasteiger partial charge in [0.1, 0.15) is 0 Å². The summed E-state index contributed by atoms with van der Waals surface area (Å²) >= 11 is 0. The molecule has 0 atom stereocenters. The molecule has 0 aromatic rings. The van der Waals surface area contributed by atoms with E-state index in [9.17, 15) is 9.59 Å². The van der Waals surface area contributed by atoms with Crippen LogP contribution in [-0.4, -0.2) is 31.7 Å². The lowest BCUT2D eigenvalue weighted by molar-refractivity contribution is -0.135. The minimum atomic E-state index is -0.531. The Morgan fingerprint density at radius 2 is 1.81 bits per heavy atom. The fourth-order valence-corrected chi connectivity index (χ4v) is 1.12. The average molecular weight is 225 g/mol. The van der Waals surface area contributed by atoms with E-state index in [4.69, 9.17) is 5.73 Å². The molecule has 5 heteroatoms. The van der Waals surface area contributed by atoms with Gasteiger partial charge in [-0.05, 0) is 18.9 Å². The molecule has 1 saturated carbocycles. The summed E-state index contributed by atoms with van der Waals surface area (Å²) in [5.74, 6) is -1.05. The molecule has 5 nitrogen and oxygen atoms in total. The Kier molecular flexibility index (Phi) is 3.84. The van der Waals surface area contributed by atoms with E-state index >= 15 is 0 Å². The Morgan fingerprint density at radius 1 is 1.19 bits per heavy atom. The third-order valence-corrected chi connectivity index (χ3v) is 2.29. The van der Waals surface area contributed by atoms with Crippen LogP contribution in [0.25, 0.3) is 0 Å². The Balaban J connectivity index is 2.80. The molecule has 16 heavy (non-hydrogen) atoms. The van der Waals surface area contributed by atoms with E-state index in [0.29, 0.717) is 0 Å². The zero-order chi connectivity index (χ0) is 12.2. The fourth-order valence-electron chi connectivity index (χ4n) is 1.12. The van der Waals surface area contributed by atoms with E-state index in [1.807, 2.05) is 0 Å². The molecule has 0 spiro atoms. The molecule has 0 saturated heterocycles. The molecule has 1 fully saturated rings. The number of rotatable bonds is 4. The van der Waals surface area contributed by atoms with Gasteiger partial charge in [-0.2, -0.15) is 0 Å². The maximum atomic E-state index is 11.4. The molecule has 0 aromatic heterocycles. The molecule has 1 aliphatic carbocycles. The number of carbonyl (C=O) groups excluding carboxylic acids is 2. The SMILES string of the molecule is COC(=O)C=CC(=CC1(N)CC1)C(=O)OC. The van der Waals surface area contributed by atoms with Gasteiger partial charge >= 0.3 is 11.9 Å². The summed E-state index contributed by atoms with van der Waals surface area (Å²) in [6.45, 7) is 0. The van der Waals surface area contributed by atoms with Crippen LogP contribution in [0.1, 0.15) is 12.8 Å². The van der Waals surface area contributed by atoms with E-state index in [-0.39, 0.29) is 5.57 Å². The van der Waals surface area contributed by atoms with E-state index in [0.717, 1.165) is 18.9 Å². The Hall–Kier alpha value is -1.62. The van der Waals surface area contributed by atoms with Crippen molar-refractivity contribution in [2.45, 2.75) is 18.4 Å². The minimum absolute atomic E-state index is 0.271. The van der Waals surface area contributed by atoms with Crippen LogP contribution in [0.2, 0.25) is 0 Å². The normalized spacial score (nSPS) is 18.3. The molecule has 0 aliphatic heterocycles. The lowest BCUT2D eigenvalue weighted by Gasteiger charge is -2.04. The van der Waals surface area contributed by atoms with Crippen LogP contribution in [0.15, 0.2) is 23.8 Å². The number of methoxy groups -OCH3 is 2. The molecule has 2 N–H and O–H groups in total. The number of carbonyl (C=O) groups is 2. The molecule has 88 valence electrons. The molecule has 1 rings (SSSR count). The van der Waals surface area contributed by atoms with E-state index in [1.165, 1.54) is 20.3 Å². The van der Waals surface area contributed by atoms with E-state index < -0.39 is 17.5 Å². The van der Waals surface area contributed by atoms with Crippen molar-refractivity contribution >= 4 is 11.9 Å². The maximum absolute atomic E-state index is 11.4. The minimum Gasteiger partial charge on any atom is -0.466 e. The Bertz CT molecular complexity index is 353. The van der Waals surface area contributed by atoms with Crippen molar-refractivity contribution in [1.29, 1.82) is 0 Å². The second-order valence-electron chi connectivity index (χ2n) is 3.68. The summed E-state index contributed by atoms with van der Waals surface area (Å²) in [6, 6.07) is 0. The maximum Gasteiger partial charge on any atom is 0.337 e. The fraction of sp³-hybridized carbons (Fsp3) is 0.455. The van der Waals surface area contributed by atoms with Crippen molar-refractivity contribution in [1.82, 2.24) is 0 Å². The lowest BCUT2D eigenvalue weighted by Crippen LogP contribution is -2.20. The number of hydrogen-bond acceptors (Lipinski definition) is 5. The first-order chi connectivity index (χ1) is 7.50. The van der Waals surface area contributed by atoms with Crippen LogP contribution in [0.4, 0.5) is 0 Å². The number of nitrogens with two attached hydrogens (primary N) is 1. The van der Waals surface area contributed by atoms with Gasteiger partial charge in [-0.15, -0.1) is 0 Å². The van der Waals surface area contributed by atoms with Gasteiger partial charge in [-0.25, -0.2) is 9.59 Å². The second-order valence-corrected chi connectivity index (χ2v) is 3.68. The molecular weight excluding hydrogens is 210 g/mol. The first-order valence-electron chi connectivity index (χ1n) is 4.87. The predicted octanol–water partition coefficient (Wildman–Crippen LogP) is 0.306. The topological polar surface area (TPSA) is 78.6 Å². The van der Waals surface area contributed by atoms with Crippen molar-refractivity contribution in [2.75, 3.05) is 14.2 Å². The highest BCUT2D eigenvalue weighted by atomic mass is 16.5. The Morgan fingerprint density at radius 3 is 2.25 bits per heavy atom. The van der Waals surface area contributed by atoms with Crippen LogP contribution in [0, 0.1) is 0 Å². The highest BCUT2D eigenvalue weighted by Crippen LogP contribution is 2.34. The average Bonchev–Trinajstić information content (AvgIpc) is 3.00. The zero-order valence-electron chi connectivity index (χ0n) is 9.36. The van der Waals surface area contributed by atoms with Crippen LogP contribution in [-0.2, 0) is 19.1 Å². The molecule has 0 unspecified atom stereocenters. The van der Waals surface area contributed by atoms with Crippen molar-refractivity contribution in [3.05, 3.63) is 23.8 Å². The summed E-state index contributed by atoms with van der Waals surface area (Å²) in [4.78, 5) is 22.3. The largest absolute Gasteiger partial charge is 0.466 e. The second kappa shape index (κ2) is 4.94. The van der Waals surface area contributed by atoms with Gasteiger partial charge in [0.25, 0.3) is 0 Å². The van der Waals surface area contributed by atoms with Gasteiger partial charge in [0.05, 0.1) is 19.8 Å². The molecule has 0 aromatic carbocycles. The predicted molar refractivity (Wildman–Crippen MR) is 57.4 cm³/mol. The molecular formula is C11H15NO4. The van der Waals surface area contributed by atoms with Crippen molar-refractivity contribution < 1.29 is 19.1 Å². The monoisotopic (exact) mass is 225 g/mol. The van der Waals surface area contributed by atoms with Gasteiger partial charge in [0, 0.05) is 11.6 Å². The summed E-state index contributed by atoms with van der Waals surface area (Å²) in [5, 5.41) is 0. The highest BCUT2D eigenvalue weighted by molar-refractivity contribution is 5.94. The van der Waals surface area contributed by atoms with E-state index in [1.54, 1.807) is 6.08 Å². The van der Waals surface area contributed by atoms with Crippen molar-refractivity contribution in [3.63, 3.8) is 0 Å². The summed E-state index contributed by atoms with van der Waals surface area (Å²) in [6.07, 6.45) is 5.80. The molecule has 1 aliphatic rings. The van der Waals surface area contributed by atoms with Crippen LogP contribution < -0.4 is 5.73 Å². The first kappa shape index (κ1) is 12.4. The summed E-state index contributed by atoms with van der Waals surface area (Å²) in [5.41, 5.74) is 5.69. The van der Waals surface area contributed by atoms with Gasteiger partial charge in [0.15, 0.2) is 0 Å². The zero-order valence-corrected chi connectivity index (χ0v) is 9.36. The highest BCUT2D eigenvalue weighted by Gasteiger charge is 2.36. The summed E-state index contributed by atoms with van der Waals surface area (Å²) < 4.78 is 9.01. The van der Waals surface area contributed by atoms with Gasteiger partial charge in [0.2, 0.25) is 0 Å². The van der Waals surface area contributed by atoms with Crippen molar-refractivity contribution in [3.8, 4) is 0 Å². The van der Waals surface area contributed by atoms with Crippen LogP contribution >= 0.6 is 0 Å². The van der Waals surface area contributed by atoms with Gasteiger partial charge in [-0.1, -0.05) is 6.08 Å². The summed E-state index contributed by atoms with van der Waals surface area (Å²) in [7, 11) is 2.54. The van der Waals surface area contributed by atoms with Crippen LogP contribution in [0.3, 0.4) is 0 Å². The number of hydrogen-bond donors (Lipinski definition) is 1. The standard InChI is InChI=1S/C11H15NO4/c1-15-9(13)4-3-8(10(14)16-2)7-11(12)5-6-11/h3-4,7H,5-6,12H2,1-2H3. The van der Waals surface area contributed by atoms with Crippen molar-refractivity contribution in [2.24, 2.45) is 5.73 Å². The van der Waals surface area contributed by atoms with Crippen LogP contribution in [0.5, 0.6) is 0 Å². The third kappa shape index (κ3) is 3.51. The number of esters is 2. The smallest absolute Gasteiger partial charge is 0.337 e.